The van der Waals surface area contributed by atoms with E-state index >= 15 is 0 Å². The van der Waals surface area contributed by atoms with Gasteiger partial charge in [-0.05, 0) is 48.5 Å². The van der Waals surface area contributed by atoms with Gasteiger partial charge in [0.25, 0.3) is 0 Å². The normalized spacial score (nSPS) is 10.5. The van der Waals surface area contributed by atoms with Crippen LogP contribution in [0.2, 0.25) is 5.02 Å². The van der Waals surface area contributed by atoms with E-state index in [-0.39, 0.29) is 5.91 Å². The average molecular weight is 428 g/mol. The molecule has 0 aliphatic heterocycles. The third kappa shape index (κ3) is 5.25. The molecule has 3 rings (SSSR count). The molecule has 0 unspecified atom stereocenters. The summed E-state index contributed by atoms with van der Waals surface area (Å²) in [4.78, 5) is 16.3. The van der Waals surface area contributed by atoms with Crippen molar-refractivity contribution >= 4 is 35.0 Å². The van der Waals surface area contributed by atoms with Gasteiger partial charge < -0.3 is 14.4 Å². The van der Waals surface area contributed by atoms with Gasteiger partial charge in [0.1, 0.15) is 11.5 Å². The van der Waals surface area contributed by atoms with E-state index < -0.39 is 0 Å². The van der Waals surface area contributed by atoms with Crippen molar-refractivity contribution in [3.8, 4) is 11.5 Å². The van der Waals surface area contributed by atoms with E-state index in [9.17, 15) is 4.79 Å². The summed E-state index contributed by atoms with van der Waals surface area (Å²) in [5, 5.41) is 0.620. The monoisotopic (exact) mass is 427 g/mol. The summed E-state index contributed by atoms with van der Waals surface area (Å²) < 4.78 is 10.8. The van der Waals surface area contributed by atoms with E-state index in [1.54, 1.807) is 43.9 Å². The minimum atomic E-state index is -0.0768. The number of hydrogen-bond donors (Lipinski definition) is 0. The SMILES string of the molecule is COc1ccc(OC)c(CN(C(C)=O)c2ccc(Cl)cc2Sc2ccccc2)c1. The summed E-state index contributed by atoms with van der Waals surface area (Å²) in [7, 11) is 3.23. The molecule has 29 heavy (non-hydrogen) atoms. The molecule has 0 atom stereocenters. The maximum absolute atomic E-state index is 12.6. The Morgan fingerprint density at radius 3 is 2.41 bits per heavy atom. The lowest BCUT2D eigenvalue weighted by atomic mass is 10.1. The van der Waals surface area contributed by atoms with Crippen LogP contribution in [0.5, 0.6) is 11.5 Å². The smallest absolute Gasteiger partial charge is 0.224 e. The van der Waals surface area contributed by atoms with Crippen LogP contribution in [0.15, 0.2) is 76.5 Å². The van der Waals surface area contributed by atoms with Crippen LogP contribution in [0.25, 0.3) is 0 Å². The highest BCUT2D eigenvalue weighted by atomic mass is 35.5. The molecule has 0 aliphatic rings. The summed E-state index contributed by atoms with van der Waals surface area (Å²) in [5.74, 6) is 1.33. The zero-order valence-corrected chi connectivity index (χ0v) is 18.1. The van der Waals surface area contributed by atoms with Gasteiger partial charge in [-0.3, -0.25) is 4.79 Å². The number of rotatable bonds is 7. The highest BCUT2D eigenvalue weighted by Crippen LogP contribution is 2.38. The quantitative estimate of drug-likeness (QED) is 0.459. The average Bonchev–Trinajstić information content (AvgIpc) is 2.73. The Bertz CT molecular complexity index is 995. The number of carbonyl (C=O) groups is 1. The Labute approximate surface area is 180 Å². The molecule has 4 nitrogen and oxygen atoms in total. The third-order valence-electron chi connectivity index (χ3n) is 4.38. The molecule has 0 saturated carbocycles. The van der Waals surface area contributed by atoms with Gasteiger partial charge in [-0.15, -0.1) is 0 Å². The standard InChI is InChI=1S/C23H22ClNO3S/c1-16(26)25(15-17-13-19(27-2)10-12-22(17)28-3)21-11-9-18(24)14-23(21)29-20-7-5-4-6-8-20/h4-14H,15H2,1-3H3. The van der Waals surface area contributed by atoms with E-state index in [4.69, 9.17) is 21.1 Å². The number of anilines is 1. The number of amides is 1. The Balaban J connectivity index is 2.01. The van der Waals surface area contributed by atoms with Crippen molar-refractivity contribution in [2.24, 2.45) is 0 Å². The van der Waals surface area contributed by atoms with Crippen LogP contribution in [0, 0.1) is 0 Å². The second kappa shape index (κ2) is 9.72. The molecule has 0 heterocycles. The first-order valence-electron chi connectivity index (χ1n) is 9.03. The van der Waals surface area contributed by atoms with Crippen LogP contribution in [-0.2, 0) is 11.3 Å². The minimum Gasteiger partial charge on any atom is -0.497 e. The maximum Gasteiger partial charge on any atom is 0.224 e. The van der Waals surface area contributed by atoms with Gasteiger partial charge in [0.2, 0.25) is 5.91 Å². The third-order valence-corrected chi connectivity index (χ3v) is 5.67. The molecule has 0 N–H and O–H groups in total. The van der Waals surface area contributed by atoms with Crippen LogP contribution in [0.3, 0.4) is 0 Å². The largest absolute Gasteiger partial charge is 0.497 e. The number of halogens is 1. The highest BCUT2D eigenvalue weighted by molar-refractivity contribution is 7.99. The van der Waals surface area contributed by atoms with Gasteiger partial charge in [-0.25, -0.2) is 0 Å². The van der Waals surface area contributed by atoms with Crippen LogP contribution in [0.4, 0.5) is 5.69 Å². The van der Waals surface area contributed by atoms with Crippen molar-refractivity contribution < 1.29 is 14.3 Å². The van der Waals surface area contributed by atoms with Gasteiger partial charge in [0, 0.05) is 27.3 Å². The first-order valence-corrected chi connectivity index (χ1v) is 10.2. The molecule has 0 aromatic heterocycles. The van der Waals surface area contributed by atoms with Crippen LogP contribution < -0.4 is 14.4 Å². The number of hydrogen-bond acceptors (Lipinski definition) is 4. The summed E-state index contributed by atoms with van der Waals surface area (Å²) in [5.41, 5.74) is 1.65. The highest BCUT2D eigenvalue weighted by Gasteiger charge is 2.19. The van der Waals surface area contributed by atoms with E-state index in [1.165, 1.54) is 0 Å². The summed E-state index contributed by atoms with van der Waals surface area (Å²) >= 11 is 7.83. The maximum atomic E-state index is 12.6. The van der Waals surface area contributed by atoms with Gasteiger partial charge in [-0.2, -0.15) is 0 Å². The predicted molar refractivity (Wildman–Crippen MR) is 118 cm³/mol. The number of carbonyl (C=O) groups excluding carboxylic acids is 1. The fourth-order valence-corrected chi connectivity index (χ4v) is 4.20. The Kier molecular flexibility index (Phi) is 7.07. The van der Waals surface area contributed by atoms with Gasteiger partial charge in [-0.1, -0.05) is 41.6 Å². The van der Waals surface area contributed by atoms with Crippen LogP contribution in [0.1, 0.15) is 12.5 Å². The van der Waals surface area contributed by atoms with Crippen LogP contribution >= 0.6 is 23.4 Å². The molecule has 3 aromatic rings. The Morgan fingerprint density at radius 2 is 1.76 bits per heavy atom. The van der Waals surface area contributed by atoms with E-state index in [2.05, 4.69) is 0 Å². The second-order valence-electron chi connectivity index (χ2n) is 6.31. The van der Waals surface area contributed by atoms with Crippen molar-refractivity contribution in [2.45, 2.75) is 23.3 Å². The summed E-state index contributed by atoms with van der Waals surface area (Å²) in [6.45, 7) is 1.90. The number of nitrogens with zero attached hydrogens (tertiary/aromatic N) is 1. The van der Waals surface area contributed by atoms with E-state index in [0.29, 0.717) is 23.1 Å². The van der Waals surface area contributed by atoms with Crippen molar-refractivity contribution in [1.29, 1.82) is 0 Å². The fraction of sp³-hybridized carbons (Fsp3) is 0.174. The molecule has 0 bridgehead atoms. The molecule has 0 spiro atoms. The predicted octanol–water partition coefficient (Wildman–Crippen LogP) is 6.06. The lowest BCUT2D eigenvalue weighted by molar-refractivity contribution is -0.116. The van der Waals surface area contributed by atoms with Crippen molar-refractivity contribution in [2.75, 3.05) is 19.1 Å². The molecule has 3 aromatic carbocycles. The molecule has 0 saturated heterocycles. The molecule has 6 heteroatoms. The number of benzene rings is 3. The minimum absolute atomic E-state index is 0.0768. The van der Waals surface area contributed by atoms with Gasteiger partial charge >= 0.3 is 0 Å². The van der Waals surface area contributed by atoms with Crippen molar-refractivity contribution in [3.63, 3.8) is 0 Å². The van der Waals surface area contributed by atoms with E-state index in [0.717, 1.165) is 21.0 Å². The summed E-state index contributed by atoms with van der Waals surface area (Å²) in [6.07, 6.45) is 0. The van der Waals surface area contributed by atoms with Crippen molar-refractivity contribution in [3.05, 3.63) is 77.3 Å². The Hall–Kier alpha value is -2.63. The first kappa shape index (κ1) is 21.1. The summed E-state index contributed by atoms with van der Waals surface area (Å²) in [6, 6.07) is 21.1. The van der Waals surface area contributed by atoms with Crippen LogP contribution in [-0.4, -0.2) is 20.1 Å². The molecule has 0 radical (unpaired) electrons. The van der Waals surface area contributed by atoms with Gasteiger partial charge in [0.05, 0.1) is 26.5 Å². The molecule has 1 amide bonds. The molecular formula is C23H22ClNO3S. The van der Waals surface area contributed by atoms with Crippen molar-refractivity contribution in [1.82, 2.24) is 0 Å². The first-order chi connectivity index (χ1) is 14.0. The van der Waals surface area contributed by atoms with Gasteiger partial charge in [0.15, 0.2) is 0 Å². The zero-order chi connectivity index (χ0) is 20.8. The molecule has 0 fully saturated rings. The topological polar surface area (TPSA) is 38.8 Å². The zero-order valence-electron chi connectivity index (χ0n) is 16.5. The fourth-order valence-electron chi connectivity index (χ4n) is 2.95. The lowest BCUT2D eigenvalue weighted by Crippen LogP contribution is -2.28. The molecular weight excluding hydrogens is 406 g/mol. The molecule has 150 valence electrons. The Morgan fingerprint density at radius 1 is 1.00 bits per heavy atom. The lowest BCUT2D eigenvalue weighted by Gasteiger charge is -2.25. The number of ether oxygens (including phenoxy) is 2. The van der Waals surface area contributed by atoms with E-state index in [1.807, 2.05) is 60.7 Å². The molecule has 0 aliphatic carbocycles. The number of methoxy groups -OCH3 is 2. The second-order valence-corrected chi connectivity index (χ2v) is 7.86.